The highest BCUT2D eigenvalue weighted by Gasteiger charge is 2.32. The van der Waals surface area contributed by atoms with Crippen molar-refractivity contribution in [1.29, 1.82) is 0 Å². The lowest BCUT2D eigenvalue weighted by Gasteiger charge is -2.34. The predicted molar refractivity (Wildman–Crippen MR) is 163 cm³/mol. The van der Waals surface area contributed by atoms with Gasteiger partial charge in [0, 0.05) is 31.5 Å². The van der Waals surface area contributed by atoms with Crippen LogP contribution >= 0.6 is 0 Å². The van der Waals surface area contributed by atoms with Gasteiger partial charge in [-0.3, -0.25) is 13.9 Å². The summed E-state index contributed by atoms with van der Waals surface area (Å²) in [5.41, 5.74) is 1.76. The number of rotatable bonds is 13. The first-order chi connectivity index (χ1) is 19.4. The van der Waals surface area contributed by atoms with Gasteiger partial charge in [0.2, 0.25) is 21.8 Å². The van der Waals surface area contributed by atoms with Crippen molar-refractivity contribution >= 4 is 27.5 Å². The maximum absolute atomic E-state index is 13.9. The minimum Gasteiger partial charge on any atom is -0.495 e. The van der Waals surface area contributed by atoms with Gasteiger partial charge in [-0.25, -0.2) is 8.42 Å². The molecule has 1 N–H and O–H groups in total. The van der Waals surface area contributed by atoms with Crippen molar-refractivity contribution in [3.63, 3.8) is 0 Å². The van der Waals surface area contributed by atoms with Crippen molar-refractivity contribution in [2.75, 3.05) is 24.2 Å². The topological polar surface area (TPSA) is 96.0 Å². The third kappa shape index (κ3) is 9.63. The average Bonchev–Trinajstić information content (AvgIpc) is 2.92. The van der Waals surface area contributed by atoms with Crippen molar-refractivity contribution in [3.05, 3.63) is 96.1 Å². The Kier molecular flexibility index (Phi) is 10.9. The molecule has 0 heterocycles. The van der Waals surface area contributed by atoms with E-state index in [0.29, 0.717) is 17.9 Å². The standard InChI is InChI=1S/C32H41N3O5S/c1-32(2,3)33-31(37)28(23-25-15-8-6-9-16-25)34(24-26-17-10-7-11-18-26)30(36)21-14-22-35(41(5,38)39)27-19-12-13-20-29(27)40-4/h6-13,15-20,28H,14,21-24H2,1-5H3,(H,33,37)/t28-/m1/s1. The summed E-state index contributed by atoms with van der Waals surface area (Å²) in [7, 11) is -2.16. The molecule has 0 aromatic heterocycles. The lowest BCUT2D eigenvalue weighted by atomic mass is 10.00. The van der Waals surface area contributed by atoms with E-state index in [-0.39, 0.29) is 37.7 Å². The van der Waals surface area contributed by atoms with Gasteiger partial charge in [-0.2, -0.15) is 0 Å². The van der Waals surface area contributed by atoms with Crippen LogP contribution < -0.4 is 14.4 Å². The number of nitrogens with one attached hydrogen (secondary N) is 1. The van der Waals surface area contributed by atoms with E-state index in [4.69, 9.17) is 4.74 Å². The fourth-order valence-electron chi connectivity index (χ4n) is 4.61. The van der Waals surface area contributed by atoms with Gasteiger partial charge >= 0.3 is 0 Å². The molecule has 0 aliphatic carbocycles. The van der Waals surface area contributed by atoms with Gasteiger partial charge in [0.25, 0.3) is 0 Å². The molecule has 8 nitrogen and oxygen atoms in total. The van der Waals surface area contributed by atoms with Crippen molar-refractivity contribution in [2.24, 2.45) is 0 Å². The van der Waals surface area contributed by atoms with E-state index in [0.717, 1.165) is 17.4 Å². The molecule has 9 heteroatoms. The second-order valence-corrected chi connectivity index (χ2v) is 13.0. The predicted octanol–water partition coefficient (Wildman–Crippen LogP) is 4.80. The summed E-state index contributed by atoms with van der Waals surface area (Å²) in [4.78, 5) is 29.2. The third-order valence-corrected chi connectivity index (χ3v) is 7.65. The van der Waals surface area contributed by atoms with Gasteiger partial charge < -0.3 is 15.0 Å². The lowest BCUT2D eigenvalue weighted by molar-refractivity contribution is -0.142. The number of benzene rings is 3. The number of carbonyl (C=O) groups excluding carboxylic acids is 2. The van der Waals surface area contributed by atoms with Crippen molar-refractivity contribution in [3.8, 4) is 5.75 Å². The molecule has 0 radical (unpaired) electrons. The number of anilines is 1. The second-order valence-electron chi connectivity index (χ2n) is 11.1. The second kappa shape index (κ2) is 14.2. The van der Waals surface area contributed by atoms with Crippen LogP contribution in [0, 0.1) is 0 Å². The number of hydrogen-bond donors (Lipinski definition) is 1. The first-order valence-corrected chi connectivity index (χ1v) is 15.5. The van der Waals surface area contributed by atoms with Gasteiger partial charge in [0.15, 0.2) is 0 Å². The van der Waals surface area contributed by atoms with E-state index in [1.54, 1.807) is 29.2 Å². The maximum atomic E-state index is 13.9. The minimum atomic E-state index is -3.64. The van der Waals surface area contributed by atoms with Crippen LogP contribution in [0.4, 0.5) is 5.69 Å². The zero-order chi connectivity index (χ0) is 30.0. The van der Waals surface area contributed by atoms with Gasteiger partial charge in [-0.15, -0.1) is 0 Å². The van der Waals surface area contributed by atoms with Crippen molar-refractivity contribution < 1.29 is 22.7 Å². The van der Waals surface area contributed by atoms with Crippen LogP contribution in [0.15, 0.2) is 84.9 Å². The molecule has 0 bridgehead atoms. The van der Waals surface area contributed by atoms with Crippen LogP contribution in [0.5, 0.6) is 5.75 Å². The molecule has 1 atom stereocenters. The molecule has 0 fully saturated rings. The molecule has 3 aromatic rings. The first-order valence-electron chi connectivity index (χ1n) is 13.7. The Balaban J connectivity index is 1.89. The summed E-state index contributed by atoms with van der Waals surface area (Å²) in [5, 5.41) is 3.05. The number of hydrogen-bond acceptors (Lipinski definition) is 5. The number of para-hydroxylation sites is 2. The zero-order valence-electron chi connectivity index (χ0n) is 24.5. The molecule has 0 unspecified atom stereocenters. The zero-order valence-corrected chi connectivity index (χ0v) is 25.4. The smallest absolute Gasteiger partial charge is 0.243 e. The maximum Gasteiger partial charge on any atom is 0.243 e. The Morgan fingerprint density at radius 2 is 1.44 bits per heavy atom. The molecule has 41 heavy (non-hydrogen) atoms. The molecule has 0 saturated carbocycles. The molecule has 0 spiro atoms. The quantitative estimate of drug-likeness (QED) is 0.314. The SMILES string of the molecule is COc1ccccc1N(CCCC(=O)N(Cc1ccccc1)[C@H](Cc1ccccc1)C(=O)NC(C)(C)C)S(C)(=O)=O. The van der Waals surface area contributed by atoms with Gasteiger partial charge in [0.1, 0.15) is 11.8 Å². The fraction of sp³-hybridized carbons (Fsp3) is 0.375. The third-order valence-electron chi connectivity index (χ3n) is 6.47. The van der Waals surface area contributed by atoms with Crippen molar-refractivity contribution in [1.82, 2.24) is 10.2 Å². The molecular formula is C32H41N3O5S. The summed E-state index contributed by atoms with van der Waals surface area (Å²) in [6, 6.07) is 25.3. The first kappa shape index (κ1) is 31.7. The Morgan fingerprint density at radius 3 is 2.00 bits per heavy atom. The van der Waals surface area contributed by atoms with E-state index in [9.17, 15) is 18.0 Å². The minimum absolute atomic E-state index is 0.0576. The molecule has 2 amide bonds. The summed E-state index contributed by atoms with van der Waals surface area (Å²) < 4.78 is 32.1. The van der Waals surface area contributed by atoms with Crippen LogP contribution in [0.25, 0.3) is 0 Å². The highest BCUT2D eigenvalue weighted by molar-refractivity contribution is 7.92. The number of amides is 2. The normalized spacial score (nSPS) is 12.3. The monoisotopic (exact) mass is 579 g/mol. The van der Waals surface area contributed by atoms with Crippen LogP contribution in [-0.2, 0) is 32.6 Å². The van der Waals surface area contributed by atoms with E-state index < -0.39 is 21.6 Å². The number of sulfonamides is 1. The fourth-order valence-corrected chi connectivity index (χ4v) is 5.57. The summed E-state index contributed by atoms with van der Waals surface area (Å²) in [6.45, 7) is 6.06. The molecule has 0 saturated heterocycles. The Hall–Kier alpha value is -3.85. The summed E-state index contributed by atoms with van der Waals surface area (Å²) in [6.07, 6.45) is 1.80. The van der Waals surface area contributed by atoms with E-state index in [2.05, 4.69) is 5.32 Å². The van der Waals surface area contributed by atoms with Gasteiger partial charge in [-0.05, 0) is 50.5 Å². The largest absolute Gasteiger partial charge is 0.495 e. The number of nitrogens with zero attached hydrogens (tertiary/aromatic N) is 2. The van der Waals surface area contributed by atoms with Crippen LogP contribution in [0.2, 0.25) is 0 Å². The highest BCUT2D eigenvalue weighted by atomic mass is 32.2. The molecular weight excluding hydrogens is 538 g/mol. The Labute approximate surface area is 244 Å². The average molecular weight is 580 g/mol. The number of methoxy groups -OCH3 is 1. The Morgan fingerprint density at radius 1 is 0.878 bits per heavy atom. The van der Waals surface area contributed by atoms with E-state index in [1.807, 2.05) is 81.4 Å². The Bertz CT molecular complexity index is 1390. The molecule has 3 rings (SSSR count). The highest BCUT2D eigenvalue weighted by Crippen LogP contribution is 2.30. The molecule has 220 valence electrons. The summed E-state index contributed by atoms with van der Waals surface area (Å²) >= 11 is 0. The van der Waals surface area contributed by atoms with Gasteiger partial charge in [0.05, 0.1) is 19.1 Å². The van der Waals surface area contributed by atoms with Crippen molar-refractivity contribution in [2.45, 2.75) is 58.2 Å². The molecule has 3 aromatic carbocycles. The van der Waals surface area contributed by atoms with E-state index >= 15 is 0 Å². The van der Waals surface area contributed by atoms with Crippen LogP contribution in [-0.4, -0.2) is 56.6 Å². The lowest BCUT2D eigenvalue weighted by Crippen LogP contribution is -2.54. The number of carbonyl (C=O) groups is 2. The van der Waals surface area contributed by atoms with Crippen LogP contribution in [0.1, 0.15) is 44.7 Å². The van der Waals surface area contributed by atoms with Crippen LogP contribution in [0.3, 0.4) is 0 Å². The van der Waals surface area contributed by atoms with E-state index in [1.165, 1.54) is 11.4 Å². The van der Waals surface area contributed by atoms with Gasteiger partial charge in [-0.1, -0.05) is 72.8 Å². The summed E-state index contributed by atoms with van der Waals surface area (Å²) in [5.74, 6) is -0.0403. The molecule has 0 aliphatic rings. The number of ether oxygens (including phenoxy) is 1. The molecule has 0 aliphatic heterocycles.